The van der Waals surface area contributed by atoms with Crippen molar-refractivity contribution in [3.63, 3.8) is 0 Å². The fourth-order valence-corrected chi connectivity index (χ4v) is 2.38. The molecular weight excluding hydrogens is 320 g/mol. The molecule has 0 aliphatic heterocycles. The van der Waals surface area contributed by atoms with Crippen molar-refractivity contribution in [2.45, 2.75) is 39.9 Å². The fourth-order valence-electron chi connectivity index (χ4n) is 2.38. The molecule has 25 heavy (non-hydrogen) atoms. The van der Waals surface area contributed by atoms with Crippen molar-refractivity contribution >= 4 is 16.9 Å². The van der Waals surface area contributed by atoms with Gasteiger partial charge in [-0.3, -0.25) is 0 Å². The van der Waals surface area contributed by atoms with Gasteiger partial charge in [0, 0.05) is 24.1 Å². The molecule has 0 saturated heterocycles. The third-order valence-corrected chi connectivity index (χ3v) is 3.40. The molecule has 0 unspecified atom stereocenters. The Morgan fingerprint density at radius 3 is 2.36 bits per heavy atom. The number of aromatic nitrogens is 1. The summed E-state index contributed by atoms with van der Waals surface area (Å²) in [6, 6.07) is 5.50. The number of likely N-dealkylation sites (N-methyl/N-ethyl adjacent to an activating group) is 1. The van der Waals surface area contributed by atoms with Crippen LogP contribution in [0.1, 0.15) is 38.2 Å². The second-order valence-corrected chi connectivity index (χ2v) is 6.84. The highest BCUT2D eigenvalue weighted by molar-refractivity contribution is 5.97. The van der Waals surface area contributed by atoms with Crippen LogP contribution in [0.5, 0.6) is 11.5 Å². The summed E-state index contributed by atoms with van der Waals surface area (Å²) in [5.74, 6) is 1.01. The molecule has 0 saturated carbocycles. The minimum absolute atomic E-state index is 0.0166. The van der Waals surface area contributed by atoms with Gasteiger partial charge in [0.05, 0.1) is 17.7 Å². The maximum absolute atomic E-state index is 12.2. The number of H-pyrrole nitrogens is 1. The molecule has 0 radical (unpaired) electrons. The number of carbonyl (C=O) groups is 1. The molecule has 2 aromatic rings. The van der Waals surface area contributed by atoms with Gasteiger partial charge in [0.1, 0.15) is 23.8 Å². The van der Waals surface area contributed by atoms with E-state index in [1.807, 2.05) is 58.8 Å². The van der Waals surface area contributed by atoms with Crippen molar-refractivity contribution in [2.24, 2.45) is 0 Å². The normalized spacial score (nSPS) is 11.6. The summed E-state index contributed by atoms with van der Waals surface area (Å²) in [5, 5.41) is 0.837. The molecule has 0 aliphatic rings. The molecule has 6 heteroatoms. The van der Waals surface area contributed by atoms with E-state index < -0.39 is 0 Å². The van der Waals surface area contributed by atoms with E-state index >= 15 is 0 Å². The lowest BCUT2D eigenvalue weighted by molar-refractivity contribution is 0.0476. The molecule has 0 amide bonds. The molecule has 1 heterocycles. The SMILES string of the molecule is CC(C)Oc1cc(OC(C)C)c2cc(C(=O)OCCN(C)C)[nH]c2c1. The highest BCUT2D eigenvalue weighted by Gasteiger charge is 2.16. The van der Waals surface area contributed by atoms with Gasteiger partial charge in [-0.25, -0.2) is 4.79 Å². The van der Waals surface area contributed by atoms with E-state index in [4.69, 9.17) is 14.2 Å². The number of rotatable bonds is 8. The van der Waals surface area contributed by atoms with Gasteiger partial charge in [0.15, 0.2) is 0 Å². The highest BCUT2D eigenvalue weighted by Crippen LogP contribution is 2.33. The number of nitrogens with one attached hydrogen (secondary N) is 1. The fraction of sp³-hybridized carbons (Fsp3) is 0.526. The minimum Gasteiger partial charge on any atom is -0.491 e. The maximum atomic E-state index is 12.2. The van der Waals surface area contributed by atoms with Crippen molar-refractivity contribution < 1.29 is 19.0 Å². The largest absolute Gasteiger partial charge is 0.491 e. The zero-order valence-corrected chi connectivity index (χ0v) is 15.9. The molecule has 0 bridgehead atoms. The van der Waals surface area contributed by atoms with Crippen LogP contribution in [0.2, 0.25) is 0 Å². The van der Waals surface area contributed by atoms with Gasteiger partial charge in [0.25, 0.3) is 0 Å². The van der Waals surface area contributed by atoms with E-state index in [9.17, 15) is 4.79 Å². The number of hydrogen-bond donors (Lipinski definition) is 1. The number of aromatic amines is 1. The Balaban J connectivity index is 2.30. The summed E-state index contributed by atoms with van der Waals surface area (Å²) in [7, 11) is 3.87. The van der Waals surface area contributed by atoms with Crippen LogP contribution < -0.4 is 9.47 Å². The molecule has 0 fully saturated rings. The van der Waals surface area contributed by atoms with Crippen molar-refractivity contribution in [2.75, 3.05) is 27.2 Å². The van der Waals surface area contributed by atoms with Gasteiger partial charge < -0.3 is 24.1 Å². The molecule has 2 rings (SSSR count). The first kappa shape index (κ1) is 19.1. The predicted octanol–water partition coefficient (Wildman–Crippen LogP) is 3.46. The number of benzene rings is 1. The van der Waals surface area contributed by atoms with Crippen LogP contribution in [-0.4, -0.2) is 55.3 Å². The van der Waals surface area contributed by atoms with E-state index in [0.29, 0.717) is 30.3 Å². The van der Waals surface area contributed by atoms with E-state index in [0.717, 1.165) is 10.9 Å². The quantitative estimate of drug-likeness (QED) is 0.740. The summed E-state index contributed by atoms with van der Waals surface area (Å²) >= 11 is 0. The average molecular weight is 348 g/mol. The summed E-state index contributed by atoms with van der Waals surface area (Å²) in [6.45, 7) is 8.89. The zero-order valence-electron chi connectivity index (χ0n) is 15.9. The van der Waals surface area contributed by atoms with E-state index in [2.05, 4.69) is 4.98 Å². The summed E-state index contributed by atoms with van der Waals surface area (Å²) < 4.78 is 17.0. The molecule has 1 aromatic heterocycles. The van der Waals surface area contributed by atoms with Crippen LogP contribution in [0.3, 0.4) is 0 Å². The Labute approximate surface area is 149 Å². The number of carbonyl (C=O) groups excluding carboxylic acids is 1. The first-order chi connectivity index (χ1) is 11.8. The van der Waals surface area contributed by atoms with E-state index in [-0.39, 0.29) is 18.2 Å². The highest BCUT2D eigenvalue weighted by atomic mass is 16.5. The molecule has 1 aromatic carbocycles. The molecule has 0 spiro atoms. The molecule has 138 valence electrons. The van der Waals surface area contributed by atoms with Crippen LogP contribution >= 0.6 is 0 Å². The summed E-state index contributed by atoms with van der Waals surface area (Å²) in [4.78, 5) is 17.3. The van der Waals surface area contributed by atoms with Gasteiger partial charge >= 0.3 is 5.97 Å². The topological polar surface area (TPSA) is 63.8 Å². The van der Waals surface area contributed by atoms with Crippen LogP contribution in [0.4, 0.5) is 0 Å². The Kier molecular flexibility index (Phi) is 6.31. The second-order valence-electron chi connectivity index (χ2n) is 6.84. The molecule has 0 aliphatic carbocycles. The second kappa shape index (κ2) is 8.25. The number of nitrogens with zero attached hydrogens (tertiary/aromatic N) is 1. The third kappa shape index (κ3) is 5.39. The Morgan fingerprint density at radius 1 is 1.08 bits per heavy atom. The van der Waals surface area contributed by atoms with Gasteiger partial charge in [-0.1, -0.05) is 0 Å². The predicted molar refractivity (Wildman–Crippen MR) is 98.7 cm³/mol. The van der Waals surface area contributed by atoms with Crippen molar-refractivity contribution in [1.82, 2.24) is 9.88 Å². The molecule has 0 atom stereocenters. The van der Waals surface area contributed by atoms with E-state index in [1.54, 1.807) is 6.07 Å². The Bertz CT molecular complexity index is 720. The maximum Gasteiger partial charge on any atom is 0.354 e. The van der Waals surface area contributed by atoms with Gasteiger partial charge in [-0.05, 0) is 47.9 Å². The lowest BCUT2D eigenvalue weighted by atomic mass is 10.2. The third-order valence-electron chi connectivity index (χ3n) is 3.40. The van der Waals surface area contributed by atoms with Crippen molar-refractivity contribution in [3.05, 3.63) is 23.9 Å². The number of esters is 1. The van der Waals surface area contributed by atoms with Crippen LogP contribution in [-0.2, 0) is 4.74 Å². The van der Waals surface area contributed by atoms with Crippen molar-refractivity contribution in [1.29, 1.82) is 0 Å². The summed E-state index contributed by atoms with van der Waals surface area (Å²) in [6.07, 6.45) is 0.0673. The molecular formula is C19H28N2O4. The molecule has 1 N–H and O–H groups in total. The van der Waals surface area contributed by atoms with Gasteiger partial charge in [-0.2, -0.15) is 0 Å². The van der Waals surface area contributed by atoms with Crippen LogP contribution in [0.25, 0.3) is 10.9 Å². The first-order valence-electron chi connectivity index (χ1n) is 8.58. The summed E-state index contributed by atoms with van der Waals surface area (Å²) in [5.41, 5.74) is 1.19. The van der Waals surface area contributed by atoms with Gasteiger partial charge in [-0.15, -0.1) is 0 Å². The van der Waals surface area contributed by atoms with Gasteiger partial charge in [0.2, 0.25) is 0 Å². The number of ether oxygens (including phenoxy) is 3. The molecule has 6 nitrogen and oxygen atoms in total. The smallest absolute Gasteiger partial charge is 0.354 e. The number of fused-ring (bicyclic) bond motifs is 1. The van der Waals surface area contributed by atoms with E-state index in [1.165, 1.54) is 0 Å². The lowest BCUT2D eigenvalue weighted by Crippen LogP contribution is -2.20. The number of hydrogen-bond acceptors (Lipinski definition) is 5. The average Bonchev–Trinajstić information content (AvgIpc) is 2.89. The minimum atomic E-state index is -0.375. The van der Waals surface area contributed by atoms with Crippen LogP contribution in [0.15, 0.2) is 18.2 Å². The van der Waals surface area contributed by atoms with Crippen molar-refractivity contribution in [3.8, 4) is 11.5 Å². The standard InChI is InChI=1S/C19H28N2O4/c1-12(2)24-14-9-16-15(18(10-14)25-13(3)4)11-17(20-16)19(22)23-8-7-21(5)6/h9-13,20H,7-8H2,1-6H3. The monoisotopic (exact) mass is 348 g/mol. The Morgan fingerprint density at radius 2 is 1.76 bits per heavy atom. The first-order valence-corrected chi connectivity index (χ1v) is 8.58. The van der Waals surface area contributed by atoms with Crippen LogP contribution in [0, 0.1) is 0 Å². The Hall–Kier alpha value is -2.21. The zero-order chi connectivity index (χ0) is 18.6. The lowest BCUT2D eigenvalue weighted by Gasteiger charge is -2.14.